The maximum Gasteiger partial charge on any atom is 0.414 e. The lowest BCUT2D eigenvalue weighted by Crippen LogP contribution is -2.27. The van der Waals surface area contributed by atoms with Gasteiger partial charge >= 0.3 is 6.18 Å². The van der Waals surface area contributed by atoms with Crippen LogP contribution in [-0.4, -0.2) is 24.7 Å². The molecule has 70 valence electrons. The Morgan fingerprint density at radius 1 is 1.50 bits per heavy atom. The second-order valence-electron chi connectivity index (χ2n) is 2.99. The van der Waals surface area contributed by atoms with E-state index in [0.29, 0.717) is 0 Å². The van der Waals surface area contributed by atoms with E-state index in [0.717, 1.165) is 0 Å². The van der Waals surface area contributed by atoms with Crippen molar-refractivity contribution >= 4 is 5.90 Å². The molecule has 1 heterocycles. The van der Waals surface area contributed by atoms with Crippen LogP contribution in [0.5, 0.6) is 0 Å². The SMILES string of the molecule is CC(C)C1=N[C@@H](C(F)(F)F)CO1. The zero-order chi connectivity index (χ0) is 9.35. The summed E-state index contributed by atoms with van der Waals surface area (Å²) in [6.45, 7) is 3.13. The summed E-state index contributed by atoms with van der Waals surface area (Å²) in [5, 5.41) is 0. The van der Waals surface area contributed by atoms with Gasteiger partial charge in [0, 0.05) is 5.92 Å². The van der Waals surface area contributed by atoms with Crippen LogP contribution in [0.25, 0.3) is 0 Å². The number of aliphatic imine (C=N–C) groups is 1. The third-order valence-electron chi connectivity index (χ3n) is 1.54. The highest BCUT2D eigenvalue weighted by molar-refractivity contribution is 5.79. The Kier molecular flexibility index (Phi) is 2.30. The summed E-state index contributed by atoms with van der Waals surface area (Å²) in [4.78, 5) is 3.43. The molecule has 0 radical (unpaired) electrons. The van der Waals surface area contributed by atoms with Crippen molar-refractivity contribution in [2.45, 2.75) is 26.1 Å². The highest BCUT2D eigenvalue weighted by Gasteiger charge is 2.43. The smallest absolute Gasteiger partial charge is 0.414 e. The fraction of sp³-hybridized carbons (Fsp3) is 0.857. The molecule has 0 unspecified atom stereocenters. The van der Waals surface area contributed by atoms with Crippen molar-refractivity contribution in [3.05, 3.63) is 0 Å². The molecule has 0 saturated carbocycles. The van der Waals surface area contributed by atoms with Crippen LogP contribution < -0.4 is 0 Å². The van der Waals surface area contributed by atoms with E-state index in [4.69, 9.17) is 4.74 Å². The Hall–Kier alpha value is -0.740. The van der Waals surface area contributed by atoms with Crippen LogP contribution in [0.1, 0.15) is 13.8 Å². The summed E-state index contributed by atoms with van der Waals surface area (Å²) in [5.74, 6) is 0.134. The van der Waals surface area contributed by atoms with Crippen LogP contribution in [0.4, 0.5) is 13.2 Å². The number of hydrogen-bond donors (Lipinski definition) is 0. The Morgan fingerprint density at radius 3 is 2.33 bits per heavy atom. The highest BCUT2D eigenvalue weighted by atomic mass is 19.4. The predicted octanol–water partition coefficient (Wildman–Crippen LogP) is 2.00. The molecule has 0 amide bonds. The van der Waals surface area contributed by atoms with Gasteiger partial charge in [-0.15, -0.1) is 0 Å². The van der Waals surface area contributed by atoms with Gasteiger partial charge in [-0.25, -0.2) is 4.99 Å². The second kappa shape index (κ2) is 2.95. The van der Waals surface area contributed by atoms with Gasteiger partial charge in [0.15, 0.2) is 11.9 Å². The summed E-state index contributed by atoms with van der Waals surface area (Å²) in [6.07, 6.45) is -4.27. The number of rotatable bonds is 1. The van der Waals surface area contributed by atoms with E-state index in [1.54, 1.807) is 13.8 Å². The summed E-state index contributed by atoms with van der Waals surface area (Å²) in [7, 11) is 0. The van der Waals surface area contributed by atoms with E-state index in [2.05, 4.69) is 4.99 Å². The zero-order valence-electron chi connectivity index (χ0n) is 6.85. The van der Waals surface area contributed by atoms with Crippen LogP contribution in [0, 0.1) is 5.92 Å². The Balaban J connectivity index is 2.65. The van der Waals surface area contributed by atoms with Crippen molar-refractivity contribution < 1.29 is 17.9 Å². The number of alkyl halides is 3. The molecule has 0 fully saturated rings. The zero-order valence-corrected chi connectivity index (χ0v) is 6.85. The molecule has 12 heavy (non-hydrogen) atoms. The van der Waals surface area contributed by atoms with E-state index in [-0.39, 0.29) is 18.4 Å². The molecule has 2 nitrogen and oxygen atoms in total. The quantitative estimate of drug-likeness (QED) is 0.606. The maximum absolute atomic E-state index is 12.0. The molecule has 1 rings (SSSR count). The van der Waals surface area contributed by atoms with Crippen molar-refractivity contribution in [3.63, 3.8) is 0 Å². The van der Waals surface area contributed by atoms with E-state index in [1.807, 2.05) is 0 Å². The van der Waals surface area contributed by atoms with Crippen LogP contribution in [0.3, 0.4) is 0 Å². The first kappa shape index (κ1) is 9.35. The lowest BCUT2D eigenvalue weighted by molar-refractivity contribution is -0.149. The normalized spacial score (nSPS) is 24.2. The van der Waals surface area contributed by atoms with Crippen LogP contribution >= 0.6 is 0 Å². The number of nitrogens with zero attached hydrogens (tertiary/aromatic N) is 1. The molecular formula is C7H10F3NO. The molecule has 0 aliphatic carbocycles. The van der Waals surface area contributed by atoms with Gasteiger partial charge in [0.05, 0.1) is 0 Å². The first-order chi connectivity index (χ1) is 5.41. The van der Waals surface area contributed by atoms with Gasteiger partial charge in [-0.1, -0.05) is 13.8 Å². The van der Waals surface area contributed by atoms with Crippen molar-refractivity contribution in [3.8, 4) is 0 Å². The molecule has 0 N–H and O–H groups in total. The van der Waals surface area contributed by atoms with Crippen molar-refractivity contribution in [1.29, 1.82) is 0 Å². The molecule has 0 aromatic heterocycles. The molecule has 1 aliphatic heterocycles. The minimum atomic E-state index is -4.27. The molecular weight excluding hydrogens is 171 g/mol. The Morgan fingerprint density at radius 2 is 2.08 bits per heavy atom. The third-order valence-corrected chi connectivity index (χ3v) is 1.54. The van der Waals surface area contributed by atoms with Gasteiger partial charge < -0.3 is 4.74 Å². The fourth-order valence-corrected chi connectivity index (χ4v) is 0.876. The third kappa shape index (κ3) is 1.89. The highest BCUT2D eigenvalue weighted by Crippen LogP contribution is 2.27. The van der Waals surface area contributed by atoms with E-state index in [9.17, 15) is 13.2 Å². The van der Waals surface area contributed by atoms with E-state index < -0.39 is 12.2 Å². The first-order valence-electron chi connectivity index (χ1n) is 3.68. The summed E-state index contributed by atoms with van der Waals surface area (Å²) < 4.78 is 40.8. The van der Waals surface area contributed by atoms with Gasteiger partial charge in [-0.2, -0.15) is 13.2 Å². The number of ether oxygens (including phenoxy) is 1. The summed E-state index contributed by atoms with van der Waals surface area (Å²) in [6, 6.07) is -1.66. The van der Waals surface area contributed by atoms with Crippen molar-refractivity contribution in [1.82, 2.24) is 0 Å². The lowest BCUT2D eigenvalue weighted by atomic mass is 10.2. The molecule has 0 saturated heterocycles. The Labute approximate surface area is 68.4 Å². The summed E-state index contributed by atoms with van der Waals surface area (Å²) >= 11 is 0. The molecule has 0 aromatic carbocycles. The maximum atomic E-state index is 12.0. The predicted molar refractivity (Wildman–Crippen MR) is 38.1 cm³/mol. The minimum absolute atomic E-state index is 0.0719. The standard InChI is InChI=1S/C7H10F3NO/c1-4(2)6-11-5(3-12-6)7(8,9)10/h4-5H,3H2,1-2H3/t5-/m1/s1. The van der Waals surface area contributed by atoms with Crippen LogP contribution in [-0.2, 0) is 4.74 Å². The molecule has 1 atom stereocenters. The van der Waals surface area contributed by atoms with Crippen LogP contribution in [0.2, 0.25) is 0 Å². The first-order valence-corrected chi connectivity index (χ1v) is 3.68. The summed E-state index contributed by atoms with van der Waals surface area (Å²) in [5.41, 5.74) is 0. The molecule has 0 bridgehead atoms. The fourth-order valence-electron chi connectivity index (χ4n) is 0.876. The topological polar surface area (TPSA) is 21.6 Å². The molecule has 5 heteroatoms. The Bertz CT molecular complexity index is 197. The molecule has 0 spiro atoms. The largest absolute Gasteiger partial charge is 0.478 e. The van der Waals surface area contributed by atoms with E-state index >= 15 is 0 Å². The van der Waals surface area contributed by atoms with Gasteiger partial charge in [-0.3, -0.25) is 0 Å². The van der Waals surface area contributed by atoms with Gasteiger partial charge in [0.2, 0.25) is 0 Å². The number of halogens is 3. The minimum Gasteiger partial charge on any atom is -0.478 e. The van der Waals surface area contributed by atoms with Crippen molar-refractivity contribution in [2.75, 3.05) is 6.61 Å². The van der Waals surface area contributed by atoms with Gasteiger partial charge in [0.1, 0.15) is 6.61 Å². The van der Waals surface area contributed by atoms with Gasteiger partial charge in [0.25, 0.3) is 0 Å². The monoisotopic (exact) mass is 181 g/mol. The molecule has 1 aliphatic rings. The average molecular weight is 181 g/mol. The molecule has 0 aromatic rings. The lowest BCUT2D eigenvalue weighted by Gasteiger charge is -2.08. The number of hydrogen-bond acceptors (Lipinski definition) is 2. The second-order valence-corrected chi connectivity index (χ2v) is 2.99. The average Bonchev–Trinajstić information content (AvgIpc) is 2.30. The van der Waals surface area contributed by atoms with Gasteiger partial charge in [-0.05, 0) is 0 Å². The van der Waals surface area contributed by atoms with Crippen molar-refractivity contribution in [2.24, 2.45) is 10.9 Å². The van der Waals surface area contributed by atoms with E-state index in [1.165, 1.54) is 0 Å². The van der Waals surface area contributed by atoms with Crippen LogP contribution in [0.15, 0.2) is 4.99 Å².